The Labute approximate surface area is 303 Å². The fourth-order valence-corrected chi connectivity index (χ4v) is 12.8. The molecule has 8 rings (SSSR count). The van der Waals surface area contributed by atoms with E-state index in [9.17, 15) is 39.3 Å². The Bertz CT molecular complexity index is 1800. The van der Waals surface area contributed by atoms with Crippen molar-refractivity contribution in [2.45, 2.75) is 126 Å². The number of ether oxygens (including phenoxy) is 8. The zero-order valence-corrected chi connectivity index (χ0v) is 30.4. The zero-order chi connectivity index (χ0) is 38.5. The number of hydrogen-bond donors (Lipinski definition) is 3. The van der Waals surface area contributed by atoms with E-state index in [0.29, 0.717) is 5.56 Å². The third-order valence-corrected chi connectivity index (χ3v) is 14.1. The fraction of sp³-hybridized carbons (Fsp3) is 0.750. The third-order valence-electron chi connectivity index (χ3n) is 14.1. The van der Waals surface area contributed by atoms with Crippen molar-refractivity contribution in [2.75, 3.05) is 13.7 Å². The van der Waals surface area contributed by atoms with Gasteiger partial charge in [0, 0.05) is 50.5 Å². The van der Waals surface area contributed by atoms with Crippen molar-refractivity contribution in [1.29, 1.82) is 0 Å². The minimum absolute atomic E-state index is 0.101. The first-order valence-electron chi connectivity index (χ1n) is 17.7. The molecule has 3 saturated heterocycles. The predicted molar refractivity (Wildman–Crippen MR) is 168 cm³/mol. The lowest BCUT2D eigenvalue weighted by molar-refractivity contribution is -0.497. The van der Waals surface area contributed by atoms with Crippen LogP contribution >= 0.6 is 0 Å². The monoisotopic (exact) mass is 748 g/mol. The van der Waals surface area contributed by atoms with E-state index in [1.54, 1.807) is 20.8 Å². The smallest absolute Gasteiger partial charge is 0.306 e. The SMILES string of the molecule is CCC(=O)OC[C@@]12[C@@H](CC(=O)OC)[C@@]3(C)C[C@@]14O[C@]1(C)O[C@]5([C@@H]6CC(=O)O[C@@H](c7ccoc7)[C@]6(C)[C@@H](OC(C)=O)[C@@H](O)[C@@]52O1)[C@H](O)[C@@]4(O)[C@H]3OC(C)=O. The van der Waals surface area contributed by atoms with E-state index in [2.05, 4.69) is 0 Å². The molecule has 17 nitrogen and oxygen atoms in total. The molecule has 4 bridgehead atoms. The van der Waals surface area contributed by atoms with Crippen LogP contribution in [0, 0.1) is 28.1 Å². The van der Waals surface area contributed by atoms with Gasteiger partial charge in [-0.25, -0.2) is 0 Å². The molecule has 4 aliphatic carbocycles. The van der Waals surface area contributed by atoms with Crippen molar-refractivity contribution in [3.8, 4) is 0 Å². The number of hydrogen-bond acceptors (Lipinski definition) is 17. The number of aliphatic hydroxyl groups excluding tert-OH is 2. The highest BCUT2D eigenvalue weighted by atomic mass is 16.9. The second-order valence-electron chi connectivity index (χ2n) is 16.3. The van der Waals surface area contributed by atoms with Gasteiger partial charge in [0.1, 0.15) is 53.9 Å². The maximum atomic E-state index is 13.9. The van der Waals surface area contributed by atoms with Crippen LogP contribution in [0.2, 0.25) is 0 Å². The Morgan fingerprint density at radius 3 is 2.30 bits per heavy atom. The molecule has 3 aliphatic heterocycles. The number of rotatable bonds is 8. The summed E-state index contributed by atoms with van der Waals surface area (Å²) in [5.74, 6) is -8.67. The van der Waals surface area contributed by atoms with Gasteiger partial charge in [-0.15, -0.1) is 0 Å². The first-order valence-corrected chi connectivity index (χ1v) is 17.7. The highest BCUT2D eigenvalue weighted by molar-refractivity contribution is 5.74. The van der Waals surface area contributed by atoms with Gasteiger partial charge in [-0.05, 0) is 18.4 Å². The van der Waals surface area contributed by atoms with Gasteiger partial charge in [0.05, 0.1) is 36.9 Å². The van der Waals surface area contributed by atoms with Gasteiger partial charge in [0.15, 0.2) is 5.60 Å². The Balaban J connectivity index is 1.52. The van der Waals surface area contributed by atoms with E-state index in [4.69, 9.17) is 42.3 Å². The van der Waals surface area contributed by atoms with Crippen molar-refractivity contribution >= 4 is 29.8 Å². The second-order valence-corrected chi connectivity index (χ2v) is 16.3. The molecule has 4 heterocycles. The molecule has 15 atom stereocenters. The normalized spacial score (nSPS) is 50.8. The molecule has 1 aromatic heterocycles. The van der Waals surface area contributed by atoms with Crippen LogP contribution < -0.4 is 0 Å². The average Bonchev–Trinajstić information content (AvgIpc) is 3.79. The maximum Gasteiger partial charge on any atom is 0.306 e. The summed E-state index contributed by atoms with van der Waals surface area (Å²) in [6.07, 6.45) is -7.42. The third kappa shape index (κ3) is 3.72. The van der Waals surface area contributed by atoms with Crippen LogP contribution in [0.15, 0.2) is 23.0 Å². The van der Waals surface area contributed by atoms with Crippen LogP contribution in [0.25, 0.3) is 0 Å². The molecule has 0 aromatic carbocycles. The topological polar surface area (TPSA) is 233 Å². The summed E-state index contributed by atoms with van der Waals surface area (Å²) in [6.45, 7) is 7.72. The maximum absolute atomic E-state index is 13.9. The van der Waals surface area contributed by atoms with Crippen molar-refractivity contribution in [3.63, 3.8) is 0 Å². The van der Waals surface area contributed by atoms with Crippen LogP contribution in [0.4, 0.5) is 0 Å². The van der Waals surface area contributed by atoms with Crippen molar-refractivity contribution in [2.24, 2.45) is 28.1 Å². The highest BCUT2D eigenvalue weighted by Crippen LogP contribution is 2.89. The number of carbonyl (C=O) groups excluding carboxylic acids is 5. The molecule has 7 fully saturated rings. The van der Waals surface area contributed by atoms with E-state index in [0.717, 1.165) is 13.8 Å². The predicted octanol–water partition coefficient (Wildman–Crippen LogP) is 0.743. The molecule has 1 aromatic rings. The van der Waals surface area contributed by atoms with Gasteiger partial charge in [0.25, 0.3) is 5.97 Å². The Morgan fingerprint density at radius 2 is 1.70 bits per heavy atom. The number of esters is 5. The van der Waals surface area contributed by atoms with E-state index in [1.807, 2.05) is 0 Å². The van der Waals surface area contributed by atoms with E-state index >= 15 is 0 Å². The Kier molecular flexibility index (Phi) is 7.40. The number of furan rings is 1. The molecular weight excluding hydrogens is 704 g/mol. The number of cyclic esters (lactones) is 1. The summed E-state index contributed by atoms with van der Waals surface area (Å²) < 4.78 is 55.0. The first-order chi connectivity index (χ1) is 24.8. The molecule has 7 aliphatic rings. The van der Waals surface area contributed by atoms with Crippen LogP contribution in [-0.2, 0) is 61.9 Å². The quantitative estimate of drug-likeness (QED) is 0.246. The summed E-state index contributed by atoms with van der Waals surface area (Å²) in [6, 6.07) is 1.53. The van der Waals surface area contributed by atoms with Crippen LogP contribution in [0.1, 0.15) is 78.9 Å². The molecule has 0 radical (unpaired) electrons. The van der Waals surface area contributed by atoms with Crippen molar-refractivity contribution < 1.29 is 81.6 Å². The summed E-state index contributed by atoms with van der Waals surface area (Å²) >= 11 is 0. The zero-order valence-electron chi connectivity index (χ0n) is 30.4. The number of aliphatic hydroxyl groups is 3. The lowest BCUT2D eigenvalue weighted by Gasteiger charge is -2.78. The van der Waals surface area contributed by atoms with Crippen molar-refractivity contribution in [1.82, 2.24) is 0 Å². The van der Waals surface area contributed by atoms with E-state index in [-0.39, 0.29) is 12.8 Å². The Morgan fingerprint density at radius 1 is 1.00 bits per heavy atom. The molecule has 0 amide bonds. The van der Waals surface area contributed by atoms with Gasteiger partial charge < -0.3 is 57.6 Å². The van der Waals surface area contributed by atoms with Gasteiger partial charge in [0.2, 0.25) is 0 Å². The number of carbonyl (C=O) groups is 5. The molecule has 2 spiro atoms. The average molecular weight is 749 g/mol. The van der Waals surface area contributed by atoms with Gasteiger partial charge in [-0.1, -0.05) is 20.8 Å². The van der Waals surface area contributed by atoms with Gasteiger partial charge in [-0.2, -0.15) is 0 Å². The standard InChI is InChI=1S/C36H44O17/c1-8-21(39)47-15-32-19(11-22(40)45-7)29(4)14-33(32)34(44,28(29)49-17(3)38)27(43)35-20-12-23(41)50-25(18-9-10-46-13-18)30(20,5)26(48-16(2)37)24(42)36(32,35)53-31(6,51-33)52-35/h9-10,13,19-20,24-28,42-44H,8,11-12,14-15H2,1-7H3/t19-,20+,24+,25-,26-,27+,28-,29+,30+,31+,32+,33+,34+,35+,36-/m0/s1. The van der Waals surface area contributed by atoms with Crippen LogP contribution in [0.3, 0.4) is 0 Å². The summed E-state index contributed by atoms with van der Waals surface area (Å²) in [7, 11) is 1.17. The lowest BCUT2D eigenvalue weighted by atomic mass is 9.32. The van der Waals surface area contributed by atoms with Gasteiger partial charge >= 0.3 is 29.8 Å². The summed E-state index contributed by atoms with van der Waals surface area (Å²) in [5.41, 5.74) is -14.5. The molecule has 4 saturated carbocycles. The summed E-state index contributed by atoms with van der Waals surface area (Å²) in [5, 5.41) is 40.1. The Hall–Kier alpha value is -3.61. The summed E-state index contributed by atoms with van der Waals surface area (Å²) in [4.78, 5) is 66.5. The molecule has 0 unspecified atom stereocenters. The molecule has 17 heteroatoms. The molecule has 3 N–H and O–H groups in total. The number of fused-ring (bicyclic) bond motifs is 3. The molecule has 53 heavy (non-hydrogen) atoms. The minimum Gasteiger partial charge on any atom is -0.472 e. The molecular formula is C36H44O17. The highest BCUT2D eigenvalue weighted by Gasteiger charge is 3.06. The second kappa shape index (κ2) is 10.8. The largest absolute Gasteiger partial charge is 0.472 e. The fourth-order valence-electron chi connectivity index (χ4n) is 12.8. The minimum atomic E-state index is -2.63. The molecule has 290 valence electrons. The lowest BCUT2D eigenvalue weighted by Crippen LogP contribution is -2.98. The van der Waals surface area contributed by atoms with Crippen molar-refractivity contribution in [3.05, 3.63) is 24.2 Å². The van der Waals surface area contributed by atoms with E-state index in [1.165, 1.54) is 32.6 Å². The van der Waals surface area contributed by atoms with Gasteiger partial charge in [-0.3, -0.25) is 24.0 Å². The first kappa shape index (κ1) is 36.4. The van der Waals surface area contributed by atoms with E-state index < -0.39 is 136 Å². The van der Waals surface area contributed by atoms with Crippen LogP contribution in [-0.4, -0.2) is 112 Å². The van der Waals surface area contributed by atoms with Crippen LogP contribution in [0.5, 0.6) is 0 Å². The number of methoxy groups -OCH3 is 1.